The van der Waals surface area contributed by atoms with Gasteiger partial charge < -0.3 is 20.3 Å². The van der Waals surface area contributed by atoms with Crippen LogP contribution in [0.1, 0.15) is 48.9 Å². The quantitative estimate of drug-likeness (QED) is 0.720. The highest BCUT2D eigenvalue weighted by atomic mass is 19.4. The molecule has 34 heavy (non-hydrogen) atoms. The first kappa shape index (κ1) is 23.4. The number of carbonyl (C=O) groups excluding carboxylic acids is 2. The summed E-state index contributed by atoms with van der Waals surface area (Å²) in [6, 6.07) is 0.592. The highest BCUT2D eigenvalue weighted by Gasteiger charge is 2.59. The van der Waals surface area contributed by atoms with E-state index in [1.54, 1.807) is 9.80 Å². The lowest BCUT2D eigenvalue weighted by atomic mass is 9.78. The molecule has 0 radical (unpaired) electrons. The van der Waals surface area contributed by atoms with Crippen LogP contribution in [0.5, 0.6) is 0 Å². The molecule has 3 fully saturated rings. The predicted octanol–water partition coefficient (Wildman–Crippen LogP) is 3.21. The van der Waals surface area contributed by atoms with Crippen LogP contribution in [0.15, 0.2) is 12.3 Å². The first-order valence-electron chi connectivity index (χ1n) is 12.1. The number of likely N-dealkylation sites (tertiary alicyclic amines) is 1. The van der Waals surface area contributed by atoms with Gasteiger partial charge in [-0.3, -0.25) is 9.78 Å². The number of hydrogen-bond acceptors (Lipinski definition) is 4. The van der Waals surface area contributed by atoms with Crippen molar-refractivity contribution < 1.29 is 27.5 Å². The molecule has 3 atom stereocenters. The second-order valence-electron chi connectivity index (χ2n) is 10.5. The van der Waals surface area contributed by atoms with Gasteiger partial charge in [-0.25, -0.2) is 4.79 Å². The molecule has 1 aromatic rings. The summed E-state index contributed by atoms with van der Waals surface area (Å²) in [6.45, 7) is 2.85. The molecule has 5 rings (SSSR count). The van der Waals surface area contributed by atoms with Gasteiger partial charge in [0.25, 0.3) is 0 Å². The third-order valence-corrected chi connectivity index (χ3v) is 8.37. The van der Waals surface area contributed by atoms with Crippen molar-refractivity contribution in [2.75, 3.05) is 32.8 Å². The van der Waals surface area contributed by atoms with Crippen molar-refractivity contribution in [2.45, 2.75) is 51.2 Å². The van der Waals surface area contributed by atoms with Gasteiger partial charge in [-0.05, 0) is 61.5 Å². The summed E-state index contributed by atoms with van der Waals surface area (Å²) in [4.78, 5) is 33.2. The Bertz CT molecular complexity index is 965. The van der Waals surface area contributed by atoms with Crippen LogP contribution in [0.25, 0.3) is 0 Å². The van der Waals surface area contributed by atoms with Crippen LogP contribution >= 0.6 is 0 Å². The first-order valence-corrected chi connectivity index (χ1v) is 12.1. The molecule has 4 heterocycles. The van der Waals surface area contributed by atoms with Gasteiger partial charge in [-0.2, -0.15) is 13.2 Å². The van der Waals surface area contributed by atoms with E-state index in [1.165, 1.54) is 0 Å². The normalized spacial score (nSPS) is 29.7. The molecule has 0 spiro atoms. The van der Waals surface area contributed by atoms with Crippen molar-refractivity contribution in [3.8, 4) is 0 Å². The number of carbonyl (C=O) groups is 2. The summed E-state index contributed by atoms with van der Waals surface area (Å²) < 4.78 is 45.1. The Morgan fingerprint density at radius 2 is 1.97 bits per heavy atom. The molecular formula is C24H31F3N4O3. The van der Waals surface area contributed by atoms with Gasteiger partial charge in [0.2, 0.25) is 5.91 Å². The smallest absolute Gasteiger partial charge is 0.381 e. The van der Waals surface area contributed by atoms with E-state index in [9.17, 15) is 22.8 Å². The van der Waals surface area contributed by atoms with Crippen molar-refractivity contribution in [1.82, 2.24) is 14.8 Å². The van der Waals surface area contributed by atoms with E-state index in [0.717, 1.165) is 51.2 Å². The minimum absolute atomic E-state index is 0.0263. The summed E-state index contributed by atoms with van der Waals surface area (Å²) in [5.41, 5.74) is 5.13. The van der Waals surface area contributed by atoms with E-state index in [2.05, 4.69) is 4.98 Å². The van der Waals surface area contributed by atoms with Crippen LogP contribution in [0.4, 0.5) is 18.0 Å². The van der Waals surface area contributed by atoms with E-state index in [-0.39, 0.29) is 18.4 Å². The maximum absolute atomic E-state index is 14.0. The second-order valence-corrected chi connectivity index (χ2v) is 10.5. The molecule has 0 unspecified atom stereocenters. The number of aromatic nitrogens is 1. The largest absolute Gasteiger partial charge is 0.417 e. The lowest BCUT2D eigenvalue weighted by Crippen LogP contribution is -2.49. The fourth-order valence-electron chi connectivity index (χ4n) is 6.71. The SMILES string of the molecule is NC(=O)N1C[C@@H]2C[C@@H](CC3CCOCC3)C[C@]2(C(=O)N2CCc3ncc(C(F)(F)F)cc3C2)C1. The van der Waals surface area contributed by atoms with E-state index >= 15 is 0 Å². The second kappa shape index (κ2) is 8.70. The molecule has 186 valence electrons. The van der Waals surface area contributed by atoms with Crippen molar-refractivity contribution in [3.05, 3.63) is 29.1 Å². The topological polar surface area (TPSA) is 88.8 Å². The van der Waals surface area contributed by atoms with Crippen LogP contribution in [-0.2, 0) is 28.7 Å². The summed E-state index contributed by atoms with van der Waals surface area (Å²) >= 11 is 0. The molecule has 2 N–H and O–H groups in total. The van der Waals surface area contributed by atoms with E-state index < -0.39 is 23.2 Å². The fourth-order valence-corrected chi connectivity index (χ4v) is 6.71. The molecule has 4 aliphatic rings. The number of ether oxygens (including phenoxy) is 1. The minimum atomic E-state index is -4.48. The Hall–Kier alpha value is -2.36. The van der Waals surface area contributed by atoms with Crippen molar-refractivity contribution in [3.63, 3.8) is 0 Å². The number of urea groups is 1. The Morgan fingerprint density at radius 3 is 2.68 bits per heavy atom. The number of primary amides is 1. The van der Waals surface area contributed by atoms with Crippen LogP contribution in [-0.4, -0.2) is 59.6 Å². The number of alkyl halides is 3. The Labute approximate surface area is 196 Å². The summed E-state index contributed by atoms with van der Waals surface area (Å²) in [5.74, 6) is 0.950. The van der Waals surface area contributed by atoms with Crippen LogP contribution in [0, 0.1) is 23.2 Å². The number of pyridine rings is 1. The zero-order chi connectivity index (χ0) is 24.1. The minimum Gasteiger partial charge on any atom is -0.381 e. The van der Waals surface area contributed by atoms with Gasteiger partial charge in [-0.15, -0.1) is 0 Å². The summed E-state index contributed by atoms with van der Waals surface area (Å²) in [7, 11) is 0. The van der Waals surface area contributed by atoms with Crippen LogP contribution in [0.2, 0.25) is 0 Å². The maximum atomic E-state index is 14.0. The van der Waals surface area contributed by atoms with Crippen molar-refractivity contribution in [2.24, 2.45) is 28.9 Å². The van der Waals surface area contributed by atoms with Gasteiger partial charge in [0, 0.05) is 57.7 Å². The molecule has 1 aromatic heterocycles. The third kappa shape index (κ3) is 4.25. The Balaban J connectivity index is 1.36. The van der Waals surface area contributed by atoms with Crippen LogP contribution in [0.3, 0.4) is 0 Å². The molecule has 1 saturated carbocycles. The molecule has 7 nitrogen and oxygen atoms in total. The van der Waals surface area contributed by atoms with Crippen LogP contribution < -0.4 is 5.73 Å². The monoisotopic (exact) mass is 480 g/mol. The average Bonchev–Trinajstić information content (AvgIpc) is 3.33. The standard InChI is InChI=1S/C24H31F3N4O3/c25-24(26,27)18-9-17-12-30(4-1-20(17)29-11-18)21(32)23-10-16(7-15-2-5-34-6-3-15)8-19(23)13-31(14-23)22(28)33/h9,11,15-16,19H,1-8,10,12-14H2,(H2,28,33)/t16-,19+,23+/m1/s1. The number of rotatable bonds is 3. The van der Waals surface area contributed by atoms with Gasteiger partial charge in [-0.1, -0.05) is 0 Å². The zero-order valence-corrected chi connectivity index (χ0v) is 19.1. The molecule has 3 amide bonds. The number of nitrogens with two attached hydrogens (primary N) is 1. The lowest BCUT2D eigenvalue weighted by Gasteiger charge is -2.37. The maximum Gasteiger partial charge on any atom is 0.417 e. The molecule has 0 bridgehead atoms. The molecule has 10 heteroatoms. The number of hydrogen-bond donors (Lipinski definition) is 1. The summed E-state index contributed by atoms with van der Waals surface area (Å²) in [5, 5.41) is 0. The number of halogens is 3. The van der Waals surface area contributed by atoms with Gasteiger partial charge in [0.1, 0.15) is 0 Å². The number of amides is 3. The van der Waals surface area contributed by atoms with Gasteiger partial charge in [0.05, 0.1) is 11.0 Å². The predicted molar refractivity (Wildman–Crippen MR) is 116 cm³/mol. The molecular weight excluding hydrogens is 449 g/mol. The highest BCUT2D eigenvalue weighted by molar-refractivity contribution is 5.86. The van der Waals surface area contributed by atoms with Crippen molar-refractivity contribution >= 4 is 11.9 Å². The van der Waals surface area contributed by atoms with Gasteiger partial charge >= 0.3 is 12.2 Å². The molecule has 2 saturated heterocycles. The van der Waals surface area contributed by atoms with Gasteiger partial charge in [0.15, 0.2) is 0 Å². The Kier molecular flexibility index (Phi) is 5.98. The van der Waals surface area contributed by atoms with E-state index in [1.807, 2.05) is 0 Å². The average molecular weight is 481 g/mol. The molecule has 0 aromatic carbocycles. The lowest BCUT2D eigenvalue weighted by molar-refractivity contribution is -0.144. The van der Waals surface area contributed by atoms with E-state index in [0.29, 0.717) is 55.6 Å². The Morgan fingerprint density at radius 1 is 1.21 bits per heavy atom. The summed E-state index contributed by atoms with van der Waals surface area (Å²) in [6.07, 6.45) is 1.50. The van der Waals surface area contributed by atoms with Crippen molar-refractivity contribution in [1.29, 1.82) is 0 Å². The zero-order valence-electron chi connectivity index (χ0n) is 19.1. The number of fused-ring (bicyclic) bond motifs is 2. The third-order valence-electron chi connectivity index (χ3n) is 8.37. The van der Waals surface area contributed by atoms with E-state index in [4.69, 9.17) is 10.5 Å². The molecule has 3 aliphatic heterocycles. The first-order chi connectivity index (χ1) is 16.2. The number of nitrogens with zero attached hydrogens (tertiary/aromatic N) is 3. The fraction of sp³-hybridized carbons (Fsp3) is 0.708. The highest BCUT2D eigenvalue weighted by Crippen LogP contribution is 2.54. The molecule has 1 aliphatic carbocycles.